The van der Waals surface area contributed by atoms with E-state index in [4.69, 9.17) is 4.55 Å². The first-order valence-electron chi connectivity index (χ1n) is 3.34. The largest absolute Gasteiger partial charge is 0.397 e. The lowest BCUT2D eigenvalue weighted by Gasteiger charge is -2.02. The topological polar surface area (TPSA) is 63.6 Å². The molecule has 0 aliphatic heterocycles. The van der Waals surface area contributed by atoms with Crippen molar-refractivity contribution in [2.24, 2.45) is 0 Å². The molecule has 0 bridgehead atoms. The summed E-state index contributed by atoms with van der Waals surface area (Å²) in [5.41, 5.74) is 0.653. The summed E-state index contributed by atoms with van der Waals surface area (Å²) in [5.74, 6) is 0. The Morgan fingerprint density at radius 1 is 1.38 bits per heavy atom. The first-order chi connectivity index (χ1) is 5.99. The van der Waals surface area contributed by atoms with Crippen molar-refractivity contribution in [3.05, 3.63) is 34.3 Å². The Labute approximate surface area is 84.6 Å². The zero-order chi connectivity index (χ0) is 9.90. The molecule has 6 heteroatoms. The highest BCUT2D eigenvalue weighted by atomic mass is 79.9. The van der Waals surface area contributed by atoms with E-state index in [-0.39, 0.29) is 6.61 Å². The van der Waals surface area contributed by atoms with Crippen LogP contribution in [-0.4, -0.2) is 13.0 Å². The minimum Gasteiger partial charge on any atom is -0.264 e. The number of benzene rings is 1. The summed E-state index contributed by atoms with van der Waals surface area (Å²) in [5, 5.41) is 0. The molecule has 0 spiro atoms. The van der Waals surface area contributed by atoms with E-state index in [9.17, 15) is 8.42 Å². The lowest BCUT2D eigenvalue weighted by atomic mass is 10.2. The second kappa shape index (κ2) is 4.19. The van der Waals surface area contributed by atoms with Crippen LogP contribution in [0.2, 0.25) is 0 Å². The minimum absolute atomic E-state index is 0.180. The molecule has 0 aromatic heterocycles. The SMILES string of the molecule is O=S(=O)(O)OCc1ccccc1Br. The fraction of sp³-hybridized carbons (Fsp3) is 0.143. The number of halogens is 1. The normalized spacial score (nSPS) is 11.5. The van der Waals surface area contributed by atoms with Gasteiger partial charge >= 0.3 is 10.4 Å². The average Bonchev–Trinajstić information content (AvgIpc) is 2.01. The second-order valence-electron chi connectivity index (χ2n) is 2.28. The van der Waals surface area contributed by atoms with Gasteiger partial charge < -0.3 is 0 Å². The molecule has 13 heavy (non-hydrogen) atoms. The van der Waals surface area contributed by atoms with Gasteiger partial charge in [-0.05, 0) is 11.6 Å². The van der Waals surface area contributed by atoms with E-state index in [0.29, 0.717) is 5.56 Å². The van der Waals surface area contributed by atoms with Gasteiger partial charge in [0.15, 0.2) is 0 Å². The molecule has 72 valence electrons. The number of hydrogen-bond acceptors (Lipinski definition) is 3. The fourth-order valence-electron chi connectivity index (χ4n) is 0.753. The molecule has 0 heterocycles. The molecular weight excluding hydrogens is 260 g/mol. The molecule has 1 aromatic carbocycles. The summed E-state index contributed by atoms with van der Waals surface area (Å²) in [6, 6.07) is 6.98. The van der Waals surface area contributed by atoms with Crippen molar-refractivity contribution in [1.29, 1.82) is 0 Å². The number of rotatable bonds is 3. The quantitative estimate of drug-likeness (QED) is 0.848. The van der Waals surface area contributed by atoms with Gasteiger partial charge in [0.25, 0.3) is 0 Å². The van der Waals surface area contributed by atoms with Crippen LogP contribution in [-0.2, 0) is 21.2 Å². The van der Waals surface area contributed by atoms with E-state index >= 15 is 0 Å². The fourth-order valence-corrected chi connectivity index (χ4v) is 1.43. The van der Waals surface area contributed by atoms with Crippen LogP contribution >= 0.6 is 15.9 Å². The minimum atomic E-state index is -4.36. The zero-order valence-electron chi connectivity index (χ0n) is 6.47. The van der Waals surface area contributed by atoms with Crippen molar-refractivity contribution in [2.75, 3.05) is 0 Å². The predicted molar refractivity (Wildman–Crippen MR) is 50.5 cm³/mol. The van der Waals surface area contributed by atoms with Gasteiger partial charge in [-0.25, -0.2) is 4.18 Å². The van der Waals surface area contributed by atoms with Gasteiger partial charge in [-0.15, -0.1) is 0 Å². The first-order valence-corrected chi connectivity index (χ1v) is 5.50. The third-order valence-corrected chi connectivity index (χ3v) is 2.51. The van der Waals surface area contributed by atoms with E-state index < -0.39 is 10.4 Å². The van der Waals surface area contributed by atoms with Gasteiger partial charge in [-0.1, -0.05) is 34.1 Å². The molecule has 0 aliphatic carbocycles. The van der Waals surface area contributed by atoms with Gasteiger partial charge in [0.05, 0.1) is 6.61 Å². The smallest absolute Gasteiger partial charge is 0.264 e. The first kappa shape index (κ1) is 10.6. The van der Waals surface area contributed by atoms with Gasteiger partial charge in [0.2, 0.25) is 0 Å². The molecular formula is C7H7BrO4S. The molecule has 0 aliphatic rings. The van der Waals surface area contributed by atoms with Crippen LogP contribution in [0.5, 0.6) is 0 Å². The van der Waals surface area contributed by atoms with Gasteiger partial charge in [0.1, 0.15) is 0 Å². The van der Waals surface area contributed by atoms with Crippen molar-refractivity contribution < 1.29 is 17.2 Å². The van der Waals surface area contributed by atoms with E-state index in [2.05, 4.69) is 20.1 Å². The Balaban J connectivity index is 2.71. The monoisotopic (exact) mass is 266 g/mol. The predicted octanol–water partition coefficient (Wildman–Crippen LogP) is 1.77. The summed E-state index contributed by atoms with van der Waals surface area (Å²) in [6.07, 6.45) is 0. The summed E-state index contributed by atoms with van der Waals surface area (Å²) < 4.78 is 33.7. The molecule has 1 aromatic rings. The third kappa shape index (κ3) is 3.86. The summed E-state index contributed by atoms with van der Waals surface area (Å²) >= 11 is 3.21. The lowest BCUT2D eigenvalue weighted by molar-refractivity contribution is 0.259. The molecule has 4 nitrogen and oxygen atoms in total. The Kier molecular flexibility index (Phi) is 3.43. The lowest BCUT2D eigenvalue weighted by Crippen LogP contribution is -2.03. The van der Waals surface area contributed by atoms with E-state index in [0.717, 1.165) is 4.47 Å². The average molecular weight is 267 g/mol. The van der Waals surface area contributed by atoms with Crippen LogP contribution in [0.4, 0.5) is 0 Å². The number of hydrogen-bond donors (Lipinski definition) is 1. The van der Waals surface area contributed by atoms with Crippen molar-refractivity contribution >= 4 is 26.3 Å². The van der Waals surface area contributed by atoms with Crippen LogP contribution in [0.25, 0.3) is 0 Å². The highest BCUT2D eigenvalue weighted by molar-refractivity contribution is 9.10. The summed E-state index contributed by atoms with van der Waals surface area (Å²) in [4.78, 5) is 0. The molecule has 1 rings (SSSR count). The van der Waals surface area contributed by atoms with Crippen LogP contribution < -0.4 is 0 Å². The van der Waals surface area contributed by atoms with Gasteiger partial charge in [-0.3, -0.25) is 4.55 Å². The van der Waals surface area contributed by atoms with Crippen LogP contribution in [0, 0.1) is 0 Å². The van der Waals surface area contributed by atoms with Gasteiger partial charge in [-0.2, -0.15) is 8.42 Å². The molecule has 0 amide bonds. The molecule has 0 saturated heterocycles. The Bertz CT molecular complexity index is 387. The molecule has 0 atom stereocenters. The van der Waals surface area contributed by atoms with Crippen LogP contribution in [0.3, 0.4) is 0 Å². The zero-order valence-corrected chi connectivity index (χ0v) is 8.88. The van der Waals surface area contributed by atoms with Crippen molar-refractivity contribution in [1.82, 2.24) is 0 Å². The van der Waals surface area contributed by atoms with Gasteiger partial charge in [0, 0.05) is 4.47 Å². The van der Waals surface area contributed by atoms with Crippen molar-refractivity contribution in [3.63, 3.8) is 0 Å². The van der Waals surface area contributed by atoms with E-state index in [1.54, 1.807) is 24.3 Å². The summed E-state index contributed by atoms with van der Waals surface area (Å²) in [6.45, 7) is -0.180. The van der Waals surface area contributed by atoms with Crippen molar-refractivity contribution in [2.45, 2.75) is 6.61 Å². The summed E-state index contributed by atoms with van der Waals surface area (Å²) in [7, 11) is -4.36. The Morgan fingerprint density at radius 2 is 2.00 bits per heavy atom. The van der Waals surface area contributed by atoms with Crippen LogP contribution in [0.15, 0.2) is 28.7 Å². The Hall–Kier alpha value is -0.430. The molecule has 0 unspecified atom stereocenters. The molecule has 0 fully saturated rings. The van der Waals surface area contributed by atoms with E-state index in [1.165, 1.54) is 0 Å². The third-order valence-electron chi connectivity index (χ3n) is 1.32. The Morgan fingerprint density at radius 3 is 2.54 bits per heavy atom. The van der Waals surface area contributed by atoms with Crippen LogP contribution in [0.1, 0.15) is 5.56 Å². The maximum atomic E-state index is 10.2. The second-order valence-corrected chi connectivity index (χ2v) is 4.23. The maximum absolute atomic E-state index is 10.2. The highest BCUT2D eigenvalue weighted by Crippen LogP contribution is 2.16. The standard InChI is InChI=1S/C7H7BrO4S/c8-7-4-2-1-3-6(7)5-12-13(9,10)11/h1-4H,5H2,(H,9,10,11). The molecule has 0 saturated carbocycles. The van der Waals surface area contributed by atoms with Crippen molar-refractivity contribution in [3.8, 4) is 0 Å². The molecule has 1 N–H and O–H groups in total. The highest BCUT2D eigenvalue weighted by Gasteiger charge is 2.06. The maximum Gasteiger partial charge on any atom is 0.397 e. The van der Waals surface area contributed by atoms with E-state index in [1.807, 2.05) is 0 Å². The molecule has 0 radical (unpaired) electrons.